The highest BCUT2D eigenvalue weighted by Crippen LogP contribution is 2.31. The number of hydrogen-bond acceptors (Lipinski definition) is 2. The largest absolute Gasteiger partial charge is 0.339 e. The lowest BCUT2D eigenvalue weighted by molar-refractivity contribution is 0.622. The predicted octanol–water partition coefficient (Wildman–Crippen LogP) is 5.69. The Balaban J connectivity index is 2.34. The average Bonchev–Trinajstić information content (AvgIpc) is 2.31. The standard InChI is InChI=1S/C11H5BrCl3FN2/c12-6-2-1-5(3-9(6)16)17-11-8(14)4-7(13)10(15)18-11/h1-4H,(H,17,18). The summed E-state index contributed by atoms with van der Waals surface area (Å²) in [6, 6.07) is 6.03. The van der Waals surface area contributed by atoms with Crippen LogP contribution in [0.3, 0.4) is 0 Å². The minimum Gasteiger partial charge on any atom is -0.339 e. The van der Waals surface area contributed by atoms with Gasteiger partial charge in [0.25, 0.3) is 0 Å². The van der Waals surface area contributed by atoms with Gasteiger partial charge >= 0.3 is 0 Å². The van der Waals surface area contributed by atoms with Gasteiger partial charge in [0, 0.05) is 5.69 Å². The summed E-state index contributed by atoms with van der Waals surface area (Å²) in [5, 5.41) is 3.54. The Bertz CT molecular complexity index is 607. The van der Waals surface area contributed by atoms with Crippen LogP contribution in [0.25, 0.3) is 0 Å². The van der Waals surface area contributed by atoms with Gasteiger partial charge in [0.05, 0.1) is 14.5 Å². The fourth-order valence-corrected chi connectivity index (χ4v) is 2.03. The van der Waals surface area contributed by atoms with Crippen molar-refractivity contribution in [1.82, 2.24) is 4.98 Å². The fourth-order valence-electron chi connectivity index (χ4n) is 1.24. The molecule has 0 atom stereocenters. The Kier molecular flexibility index (Phi) is 4.33. The highest BCUT2D eigenvalue weighted by molar-refractivity contribution is 9.10. The molecule has 1 N–H and O–H groups in total. The molecule has 0 saturated heterocycles. The van der Waals surface area contributed by atoms with E-state index in [2.05, 4.69) is 26.2 Å². The maximum atomic E-state index is 13.3. The summed E-state index contributed by atoms with van der Waals surface area (Å²) in [6.45, 7) is 0. The smallest absolute Gasteiger partial charge is 0.151 e. The van der Waals surface area contributed by atoms with Crippen molar-refractivity contribution in [2.24, 2.45) is 0 Å². The van der Waals surface area contributed by atoms with E-state index < -0.39 is 5.82 Å². The molecule has 0 spiro atoms. The van der Waals surface area contributed by atoms with Crippen molar-refractivity contribution in [1.29, 1.82) is 0 Å². The van der Waals surface area contributed by atoms with Gasteiger partial charge in [-0.15, -0.1) is 0 Å². The van der Waals surface area contributed by atoms with E-state index in [0.717, 1.165) is 0 Å². The molecule has 0 amide bonds. The van der Waals surface area contributed by atoms with E-state index in [1.807, 2.05) is 0 Å². The lowest BCUT2D eigenvalue weighted by Crippen LogP contribution is -1.96. The molecule has 0 aliphatic rings. The Hall–Kier alpha value is -0.550. The van der Waals surface area contributed by atoms with Crippen molar-refractivity contribution >= 4 is 62.2 Å². The summed E-state index contributed by atoms with van der Waals surface area (Å²) in [5.41, 5.74) is 0.503. The number of anilines is 2. The number of aromatic nitrogens is 1. The van der Waals surface area contributed by atoms with Gasteiger partial charge in [0.2, 0.25) is 0 Å². The number of rotatable bonds is 2. The first kappa shape index (κ1) is 13.9. The van der Waals surface area contributed by atoms with Crippen LogP contribution in [0.15, 0.2) is 28.7 Å². The van der Waals surface area contributed by atoms with Crippen LogP contribution in [-0.4, -0.2) is 4.98 Å². The number of hydrogen-bond donors (Lipinski definition) is 1. The van der Waals surface area contributed by atoms with Crippen LogP contribution in [-0.2, 0) is 0 Å². The molecule has 1 heterocycles. The van der Waals surface area contributed by atoms with Gasteiger partial charge in [-0.3, -0.25) is 0 Å². The Morgan fingerprint density at radius 2 is 1.83 bits per heavy atom. The molecule has 7 heteroatoms. The molecule has 0 aliphatic heterocycles. The van der Waals surface area contributed by atoms with Gasteiger partial charge in [-0.1, -0.05) is 34.8 Å². The van der Waals surface area contributed by atoms with Crippen molar-refractivity contribution < 1.29 is 4.39 Å². The maximum absolute atomic E-state index is 13.3. The lowest BCUT2D eigenvalue weighted by atomic mass is 10.3. The third kappa shape index (κ3) is 3.06. The van der Waals surface area contributed by atoms with Crippen molar-refractivity contribution in [3.8, 4) is 0 Å². The van der Waals surface area contributed by atoms with Crippen molar-refractivity contribution in [2.75, 3.05) is 5.32 Å². The predicted molar refractivity (Wildman–Crippen MR) is 76.6 cm³/mol. The van der Waals surface area contributed by atoms with E-state index in [9.17, 15) is 4.39 Å². The van der Waals surface area contributed by atoms with Crippen molar-refractivity contribution in [3.63, 3.8) is 0 Å². The van der Waals surface area contributed by atoms with E-state index in [1.54, 1.807) is 12.1 Å². The summed E-state index contributed by atoms with van der Waals surface area (Å²) in [7, 11) is 0. The fraction of sp³-hybridized carbons (Fsp3) is 0. The normalized spacial score (nSPS) is 10.5. The first-order valence-electron chi connectivity index (χ1n) is 4.71. The third-order valence-corrected chi connectivity index (χ3v) is 3.67. The number of nitrogens with one attached hydrogen (secondary N) is 1. The van der Waals surface area contributed by atoms with Crippen LogP contribution in [0.5, 0.6) is 0 Å². The molecular weight excluding hydrogens is 365 g/mol. The summed E-state index contributed by atoms with van der Waals surface area (Å²) < 4.78 is 13.7. The zero-order chi connectivity index (χ0) is 13.3. The van der Waals surface area contributed by atoms with E-state index in [1.165, 1.54) is 12.1 Å². The molecule has 1 aromatic carbocycles. The molecule has 0 radical (unpaired) electrons. The zero-order valence-corrected chi connectivity index (χ0v) is 12.5. The van der Waals surface area contributed by atoms with Crippen LogP contribution in [0.2, 0.25) is 15.2 Å². The molecule has 0 unspecified atom stereocenters. The van der Waals surface area contributed by atoms with Crippen LogP contribution in [0, 0.1) is 5.82 Å². The van der Waals surface area contributed by atoms with Crippen molar-refractivity contribution in [2.45, 2.75) is 0 Å². The van der Waals surface area contributed by atoms with Gasteiger partial charge in [0.15, 0.2) is 5.82 Å². The zero-order valence-electron chi connectivity index (χ0n) is 8.65. The summed E-state index contributed by atoms with van der Waals surface area (Å²) in [4.78, 5) is 3.98. The van der Waals surface area contributed by atoms with Gasteiger partial charge in [-0.2, -0.15) is 0 Å². The molecule has 1 aromatic heterocycles. The van der Waals surface area contributed by atoms with Crippen molar-refractivity contribution in [3.05, 3.63) is 49.8 Å². The number of pyridine rings is 1. The van der Waals surface area contributed by atoms with Gasteiger partial charge < -0.3 is 5.32 Å². The van der Waals surface area contributed by atoms with Gasteiger partial charge in [-0.25, -0.2) is 9.37 Å². The van der Waals surface area contributed by atoms with Gasteiger partial charge in [-0.05, 0) is 40.2 Å². The number of halogens is 5. The first-order chi connectivity index (χ1) is 8.47. The second-order valence-corrected chi connectivity index (χ2v) is 5.37. The molecule has 0 saturated carbocycles. The number of nitrogens with zero attached hydrogens (tertiary/aromatic N) is 1. The molecule has 0 aliphatic carbocycles. The van der Waals surface area contributed by atoms with E-state index in [-0.39, 0.29) is 10.2 Å². The highest BCUT2D eigenvalue weighted by atomic mass is 79.9. The SMILES string of the molecule is Fc1cc(Nc2nc(Cl)c(Cl)cc2Cl)ccc1Br. The molecule has 2 aromatic rings. The monoisotopic (exact) mass is 368 g/mol. The van der Waals surface area contributed by atoms with E-state index in [4.69, 9.17) is 34.8 Å². The van der Waals surface area contributed by atoms with Crippen LogP contribution < -0.4 is 5.32 Å². The Morgan fingerprint density at radius 1 is 1.11 bits per heavy atom. The van der Waals surface area contributed by atoms with E-state index in [0.29, 0.717) is 21.0 Å². The highest BCUT2D eigenvalue weighted by Gasteiger charge is 2.09. The van der Waals surface area contributed by atoms with Crippen LogP contribution in [0.4, 0.5) is 15.9 Å². The molecule has 0 fully saturated rings. The minimum absolute atomic E-state index is 0.126. The lowest BCUT2D eigenvalue weighted by Gasteiger charge is -2.09. The van der Waals surface area contributed by atoms with E-state index >= 15 is 0 Å². The minimum atomic E-state index is -0.392. The molecular formula is C11H5BrCl3FN2. The topological polar surface area (TPSA) is 24.9 Å². The first-order valence-corrected chi connectivity index (χ1v) is 6.63. The second-order valence-electron chi connectivity index (χ2n) is 3.35. The summed E-state index contributed by atoms with van der Waals surface area (Å²) in [6.07, 6.45) is 0. The molecule has 94 valence electrons. The second kappa shape index (κ2) is 5.61. The molecule has 2 rings (SSSR count). The van der Waals surface area contributed by atoms with Crippen LogP contribution >= 0.6 is 50.7 Å². The Morgan fingerprint density at radius 3 is 2.50 bits per heavy atom. The molecule has 18 heavy (non-hydrogen) atoms. The third-order valence-electron chi connectivity index (χ3n) is 2.07. The number of benzene rings is 1. The average molecular weight is 370 g/mol. The maximum Gasteiger partial charge on any atom is 0.151 e. The molecule has 2 nitrogen and oxygen atoms in total. The summed E-state index contributed by atoms with van der Waals surface area (Å²) in [5.74, 6) is -0.0797. The summed E-state index contributed by atoms with van der Waals surface area (Å²) >= 11 is 20.6. The Labute approximate surface area is 126 Å². The van der Waals surface area contributed by atoms with Crippen LogP contribution in [0.1, 0.15) is 0 Å². The quantitative estimate of drug-likeness (QED) is 0.687. The molecule has 0 bridgehead atoms. The van der Waals surface area contributed by atoms with Gasteiger partial charge in [0.1, 0.15) is 11.0 Å².